The molecule has 24 heavy (non-hydrogen) atoms. The van der Waals surface area contributed by atoms with E-state index in [1.54, 1.807) is 0 Å². The lowest BCUT2D eigenvalue weighted by molar-refractivity contribution is 0.122. The van der Waals surface area contributed by atoms with Crippen LogP contribution in [0.2, 0.25) is 0 Å². The highest BCUT2D eigenvalue weighted by Gasteiger charge is 2.15. The molecular weight excluding hydrogens is 302 g/mol. The number of anilines is 1. The van der Waals surface area contributed by atoms with E-state index in [-0.39, 0.29) is 0 Å². The maximum Gasteiger partial charge on any atom is 0.191 e. The molecule has 2 rings (SSSR count). The molecule has 6 nitrogen and oxygen atoms in total. The summed E-state index contributed by atoms with van der Waals surface area (Å²) in [5, 5.41) is 6.72. The maximum absolute atomic E-state index is 5.44. The molecule has 1 saturated heterocycles. The van der Waals surface area contributed by atoms with E-state index in [4.69, 9.17) is 9.73 Å². The zero-order valence-electron chi connectivity index (χ0n) is 15.1. The maximum atomic E-state index is 5.44. The minimum absolute atomic E-state index is 0.629. The average Bonchev–Trinajstić information content (AvgIpc) is 2.64. The number of unbranched alkanes of at least 4 members (excludes halogenated alkanes) is 2. The number of morpholine rings is 1. The van der Waals surface area contributed by atoms with E-state index in [0.29, 0.717) is 6.54 Å². The Balaban J connectivity index is 1.99. The zero-order valence-corrected chi connectivity index (χ0v) is 15.1. The fraction of sp³-hybridized carbons (Fsp3) is 0.667. The molecule has 2 heterocycles. The largest absolute Gasteiger partial charge is 0.378 e. The van der Waals surface area contributed by atoms with Crippen molar-refractivity contribution >= 4 is 11.8 Å². The highest BCUT2D eigenvalue weighted by atomic mass is 16.5. The molecule has 6 heteroatoms. The summed E-state index contributed by atoms with van der Waals surface area (Å²) in [4.78, 5) is 11.6. The first-order valence-corrected chi connectivity index (χ1v) is 9.14. The first kappa shape index (κ1) is 18.5. The Bertz CT molecular complexity index is 500. The molecular formula is C18H31N5O. The van der Waals surface area contributed by atoms with Crippen LogP contribution in [0.25, 0.3) is 0 Å². The monoisotopic (exact) mass is 333 g/mol. The number of rotatable bonds is 8. The summed E-state index contributed by atoms with van der Waals surface area (Å²) in [5.41, 5.74) is 1.16. The van der Waals surface area contributed by atoms with E-state index in [1.807, 2.05) is 12.3 Å². The van der Waals surface area contributed by atoms with Crippen molar-refractivity contribution in [1.82, 2.24) is 15.6 Å². The number of hydrogen-bond acceptors (Lipinski definition) is 4. The van der Waals surface area contributed by atoms with E-state index >= 15 is 0 Å². The predicted octanol–water partition coefficient (Wildman–Crippen LogP) is 2.16. The van der Waals surface area contributed by atoms with Crippen LogP contribution in [0.3, 0.4) is 0 Å². The van der Waals surface area contributed by atoms with Crippen molar-refractivity contribution in [3.63, 3.8) is 0 Å². The Morgan fingerprint density at radius 3 is 2.83 bits per heavy atom. The lowest BCUT2D eigenvalue weighted by atomic mass is 10.2. The number of pyridine rings is 1. The van der Waals surface area contributed by atoms with Gasteiger partial charge in [0.25, 0.3) is 0 Å². The third-order valence-electron chi connectivity index (χ3n) is 4.00. The van der Waals surface area contributed by atoms with Crippen LogP contribution in [-0.2, 0) is 11.3 Å². The molecule has 0 aliphatic carbocycles. The van der Waals surface area contributed by atoms with Gasteiger partial charge in [0.05, 0.1) is 19.8 Å². The van der Waals surface area contributed by atoms with E-state index in [0.717, 1.165) is 56.7 Å². The Morgan fingerprint density at radius 2 is 2.08 bits per heavy atom. The molecule has 0 saturated carbocycles. The molecule has 0 unspecified atom stereocenters. The molecule has 0 amide bonds. The molecule has 0 spiro atoms. The van der Waals surface area contributed by atoms with Crippen molar-refractivity contribution in [3.8, 4) is 0 Å². The Hall–Kier alpha value is -1.82. The summed E-state index contributed by atoms with van der Waals surface area (Å²) >= 11 is 0. The highest BCUT2D eigenvalue weighted by Crippen LogP contribution is 2.19. The molecule has 0 bridgehead atoms. The minimum atomic E-state index is 0.629. The summed E-state index contributed by atoms with van der Waals surface area (Å²) in [7, 11) is 0. The first-order valence-electron chi connectivity index (χ1n) is 9.14. The molecule has 0 aromatic carbocycles. The van der Waals surface area contributed by atoms with Gasteiger partial charge in [-0.25, -0.2) is 9.98 Å². The van der Waals surface area contributed by atoms with Crippen LogP contribution in [0.15, 0.2) is 23.3 Å². The van der Waals surface area contributed by atoms with Gasteiger partial charge in [0.15, 0.2) is 5.96 Å². The van der Waals surface area contributed by atoms with Gasteiger partial charge in [0.2, 0.25) is 0 Å². The number of aromatic nitrogens is 1. The lowest BCUT2D eigenvalue weighted by Gasteiger charge is -2.29. The predicted molar refractivity (Wildman–Crippen MR) is 99.6 cm³/mol. The quantitative estimate of drug-likeness (QED) is 0.434. The topological polar surface area (TPSA) is 61.8 Å². The van der Waals surface area contributed by atoms with Crippen molar-refractivity contribution in [2.75, 3.05) is 44.3 Å². The van der Waals surface area contributed by atoms with Crippen molar-refractivity contribution < 1.29 is 4.74 Å². The molecule has 1 aromatic rings. The van der Waals surface area contributed by atoms with Gasteiger partial charge in [-0.2, -0.15) is 0 Å². The highest BCUT2D eigenvalue weighted by molar-refractivity contribution is 5.79. The van der Waals surface area contributed by atoms with Gasteiger partial charge in [-0.3, -0.25) is 0 Å². The van der Waals surface area contributed by atoms with Crippen molar-refractivity contribution in [3.05, 3.63) is 23.9 Å². The Morgan fingerprint density at radius 1 is 1.25 bits per heavy atom. The third-order valence-corrected chi connectivity index (χ3v) is 4.00. The van der Waals surface area contributed by atoms with Gasteiger partial charge in [0, 0.05) is 37.9 Å². The van der Waals surface area contributed by atoms with Crippen LogP contribution in [0, 0.1) is 0 Å². The molecule has 1 aliphatic rings. The summed E-state index contributed by atoms with van der Waals surface area (Å²) < 4.78 is 5.44. The summed E-state index contributed by atoms with van der Waals surface area (Å²) in [6.07, 6.45) is 5.50. The van der Waals surface area contributed by atoms with E-state index in [2.05, 4.69) is 40.4 Å². The van der Waals surface area contributed by atoms with Crippen LogP contribution in [0.1, 0.15) is 38.7 Å². The number of nitrogens with one attached hydrogen (secondary N) is 2. The van der Waals surface area contributed by atoms with Gasteiger partial charge in [-0.1, -0.05) is 25.8 Å². The summed E-state index contributed by atoms with van der Waals surface area (Å²) in [6, 6.07) is 4.10. The smallest absolute Gasteiger partial charge is 0.191 e. The van der Waals surface area contributed by atoms with Crippen LogP contribution in [0.5, 0.6) is 0 Å². The fourth-order valence-corrected chi connectivity index (χ4v) is 2.70. The molecule has 1 fully saturated rings. The van der Waals surface area contributed by atoms with E-state index in [9.17, 15) is 0 Å². The number of guanidine groups is 1. The number of ether oxygens (including phenoxy) is 1. The number of nitrogens with zero attached hydrogens (tertiary/aromatic N) is 3. The van der Waals surface area contributed by atoms with E-state index < -0.39 is 0 Å². The third kappa shape index (κ3) is 6.00. The second kappa shape index (κ2) is 10.9. The molecule has 0 atom stereocenters. The molecule has 2 N–H and O–H groups in total. The molecule has 1 aromatic heterocycles. The molecule has 0 radical (unpaired) electrons. The Labute approximate surface area is 145 Å². The normalized spacial score (nSPS) is 15.4. The minimum Gasteiger partial charge on any atom is -0.378 e. The molecule has 1 aliphatic heterocycles. The standard InChI is InChI=1S/C18H31N5O/c1-3-5-6-9-21-18(19-4-2)22-15-16-8-7-10-20-17(16)23-11-13-24-14-12-23/h7-8,10H,3-6,9,11-15H2,1-2H3,(H2,19,21,22). The van der Waals surface area contributed by atoms with Gasteiger partial charge in [-0.15, -0.1) is 0 Å². The van der Waals surface area contributed by atoms with Gasteiger partial charge in [0.1, 0.15) is 5.82 Å². The SMILES string of the molecule is CCCCCNC(=NCc1cccnc1N1CCOCC1)NCC. The van der Waals surface area contributed by atoms with Crippen LogP contribution in [-0.4, -0.2) is 50.3 Å². The number of aliphatic imine (C=N–C) groups is 1. The second-order valence-corrected chi connectivity index (χ2v) is 5.91. The van der Waals surface area contributed by atoms with Crippen LogP contribution in [0.4, 0.5) is 5.82 Å². The molecule has 134 valence electrons. The first-order chi connectivity index (χ1) is 11.8. The van der Waals surface area contributed by atoms with Crippen LogP contribution >= 0.6 is 0 Å². The fourth-order valence-electron chi connectivity index (χ4n) is 2.70. The summed E-state index contributed by atoms with van der Waals surface area (Å²) in [5.74, 6) is 1.91. The van der Waals surface area contributed by atoms with Crippen molar-refractivity contribution in [2.24, 2.45) is 4.99 Å². The zero-order chi connectivity index (χ0) is 17.0. The average molecular weight is 333 g/mol. The summed E-state index contributed by atoms with van der Waals surface area (Å²) in [6.45, 7) is 10.1. The van der Waals surface area contributed by atoms with Crippen LogP contribution < -0.4 is 15.5 Å². The number of hydrogen-bond donors (Lipinski definition) is 2. The van der Waals surface area contributed by atoms with E-state index in [1.165, 1.54) is 19.3 Å². The van der Waals surface area contributed by atoms with Gasteiger partial charge < -0.3 is 20.3 Å². The Kier molecular flexibility index (Phi) is 8.38. The van der Waals surface area contributed by atoms with Gasteiger partial charge >= 0.3 is 0 Å². The van der Waals surface area contributed by atoms with Crippen molar-refractivity contribution in [1.29, 1.82) is 0 Å². The second-order valence-electron chi connectivity index (χ2n) is 5.91. The van der Waals surface area contributed by atoms with Gasteiger partial charge in [-0.05, 0) is 19.4 Å². The van der Waals surface area contributed by atoms with Crippen molar-refractivity contribution in [2.45, 2.75) is 39.7 Å². The lowest BCUT2D eigenvalue weighted by Crippen LogP contribution is -2.38.